The summed E-state index contributed by atoms with van der Waals surface area (Å²) in [4.78, 5) is 0. The molecular weight excluding hydrogens is 150 g/mol. The Bertz CT molecular complexity index is 121. The number of rotatable bonds is 4. The molecule has 1 heterocycles. The molecule has 12 heavy (non-hydrogen) atoms. The number of nitrogens with one attached hydrogen (secondary N) is 1. The van der Waals surface area contributed by atoms with Crippen molar-refractivity contribution in [3.63, 3.8) is 0 Å². The quantitative estimate of drug-likeness (QED) is 0.696. The Labute approximate surface area is 75.7 Å². The molecule has 0 aliphatic carbocycles. The predicted octanol–water partition coefficient (Wildman–Crippen LogP) is 1.80. The van der Waals surface area contributed by atoms with Crippen LogP contribution in [0.2, 0.25) is 0 Å². The molecule has 0 aromatic rings. The van der Waals surface area contributed by atoms with Crippen LogP contribution in [0, 0.1) is 5.92 Å². The van der Waals surface area contributed by atoms with Gasteiger partial charge in [-0.1, -0.05) is 6.92 Å². The van der Waals surface area contributed by atoms with Gasteiger partial charge in [-0.05, 0) is 32.6 Å². The first kappa shape index (κ1) is 10.0. The van der Waals surface area contributed by atoms with E-state index in [-0.39, 0.29) is 0 Å². The van der Waals surface area contributed by atoms with E-state index >= 15 is 0 Å². The summed E-state index contributed by atoms with van der Waals surface area (Å²) < 4.78 is 5.35. The summed E-state index contributed by atoms with van der Waals surface area (Å²) in [5.74, 6) is 0.735. The second-order valence-electron chi connectivity index (χ2n) is 3.89. The summed E-state index contributed by atoms with van der Waals surface area (Å²) in [7, 11) is 0. The Hall–Kier alpha value is -0.0800. The fourth-order valence-corrected chi connectivity index (χ4v) is 1.65. The van der Waals surface area contributed by atoms with E-state index in [1.165, 1.54) is 12.8 Å². The van der Waals surface area contributed by atoms with Gasteiger partial charge in [-0.15, -0.1) is 0 Å². The van der Waals surface area contributed by atoms with Crippen molar-refractivity contribution in [2.24, 2.45) is 5.92 Å². The van der Waals surface area contributed by atoms with Gasteiger partial charge in [-0.25, -0.2) is 0 Å². The molecule has 2 nitrogen and oxygen atoms in total. The van der Waals surface area contributed by atoms with Crippen LogP contribution in [0.1, 0.15) is 33.6 Å². The molecule has 0 aromatic heterocycles. The average molecular weight is 171 g/mol. The largest absolute Gasteiger partial charge is 0.381 e. The molecular formula is C10H21NO. The second-order valence-corrected chi connectivity index (χ2v) is 3.89. The number of ether oxygens (including phenoxy) is 1. The van der Waals surface area contributed by atoms with E-state index < -0.39 is 0 Å². The molecule has 1 N–H and O–H groups in total. The fourth-order valence-electron chi connectivity index (χ4n) is 1.65. The van der Waals surface area contributed by atoms with Crippen molar-refractivity contribution in [3.8, 4) is 0 Å². The monoisotopic (exact) mass is 171 g/mol. The van der Waals surface area contributed by atoms with Gasteiger partial charge in [-0.3, -0.25) is 0 Å². The van der Waals surface area contributed by atoms with E-state index in [2.05, 4.69) is 26.1 Å². The smallest absolute Gasteiger partial charge is 0.0509 e. The first-order valence-electron chi connectivity index (χ1n) is 5.07. The van der Waals surface area contributed by atoms with Crippen molar-refractivity contribution in [1.82, 2.24) is 5.32 Å². The Morgan fingerprint density at radius 2 is 2.25 bits per heavy atom. The normalized spacial score (nSPS) is 28.8. The van der Waals surface area contributed by atoms with E-state index in [1.54, 1.807) is 0 Å². The zero-order chi connectivity index (χ0) is 8.97. The Morgan fingerprint density at radius 1 is 1.50 bits per heavy atom. The molecule has 0 bridgehead atoms. The maximum absolute atomic E-state index is 5.35. The highest BCUT2D eigenvalue weighted by Crippen LogP contribution is 2.16. The van der Waals surface area contributed by atoms with Crippen molar-refractivity contribution in [2.75, 3.05) is 13.2 Å². The van der Waals surface area contributed by atoms with Crippen LogP contribution in [-0.4, -0.2) is 25.3 Å². The maximum atomic E-state index is 5.35. The SMILES string of the molecule is CCC(C)NC(C)C1CCOC1. The molecule has 0 spiro atoms. The van der Waals surface area contributed by atoms with Crippen LogP contribution in [0.3, 0.4) is 0 Å². The van der Waals surface area contributed by atoms with Crippen LogP contribution >= 0.6 is 0 Å². The maximum Gasteiger partial charge on any atom is 0.0509 e. The van der Waals surface area contributed by atoms with Crippen LogP contribution < -0.4 is 5.32 Å². The van der Waals surface area contributed by atoms with Crippen molar-refractivity contribution in [1.29, 1.82) is 0 Å². The first-order valence-corrected chi connectivity index (χ1v) is 5.07. The third-order valence-electron chi connectivity index (χ3n) is 2.83. The summed E-state index contributed by atoms with van der Waals surface area (Å²) >= 11 is 0. The minimum atomic E-state index is 0.613. The van der Waals surface area contributed by atoms with Gasteiger partial charge in [0.25, 0.3) is 0 Å². The van der Waals surface area contributed by atoms with Crippen molar-refractivity contribution in [2.45, 2.75) is 45.7 Å². The highest BCUT2D eigenvalue weighted by molar-refractivity contribution is 4.77. The molecule has 1 fully saturated rings. The molecule has 72 valence electrons. The minimum Gasteiger partial charge on any atom is -0.381 e. The van der Waals surface area contributed by atoms with Crippen molar-refractivity contribution in [3.05, 3.63) is 0 Å². The third-order valence-corrected chi connectivity index (χ3v) is 2.83. The first-order chi connectivity index (χ1) is 5.74. The Balaban J connectivity index is 2.21. The molecule has 1 saturated heterocycles. The summed E-state index contributed by atoms with van der Waals surface area (Å²) in [5, 5.41) is 3.59. The van der Waals surface area contributed by atoms with Crippen LogP contribution in [-0.2, 0) is 4.74 Å². The fraction of sp³-hybridized carbons (Fsp3) is 1.00. The number of hydrogen-bond acceptors (Lipinski definition) is 2. The Morgan fingerprint density at radius 3 is 2.75 bits per heavy atom. The van der Waals surface area contributed by atoms with E-state index in [0.29, 0.717) is 12.1 Å². The van der Waals surface area contributed by atoms with Crippen molar-refractivity contribution < 1.29 is 4.74 Å². The van der Waals surface area contributed by atoms with Gasteiger partial charge in [0.2, 0.25) is 0 Å². The highest BCUT2D eigenvalue weighted by atomic mass is 16.5. The zero-order valence-corrected chi connectivity index (χ0v) is 8.47. The van der Waals surface area contributed by atoms with E-state index in [9.17, 15) is 0 Å². The van der Waals surface area contributed by atoms with Gasteiger partial charge in [0.15, 0.2) is 0 Å². The second kappa shape index (κ2) is 4.83. The molecule has 3 atom stereocenters. The Kier molecular flexibility index (Phi) is 4.02. The van der Waals surface area contributed by atoms with E-state index in [0.717, 1.165) is 19.1 Å². The van der Waals surface area contributed by atoms with Gasteiger partial charge in [0.1, 0.15) is 0 Å². The van der Waals surface area contributed by atoms with Crippen molar-refractivity contribution >= 4 is 0 Å². The van der Waals surface area contributed by atoms with Gasteiger partial charge in [0.05, 0.1) is 6.61 Å². The molecule has 1 rings (SSSR count). The molecule has 1 aliphatic heterocycles. The van der Waals surface area contributed by atoms with Crippen LogP contribution in [0.15, 0.2) is 0 Å². The summed E-state index contributed by atoms with van der Waals surface area (Å²) in [6.07, 6.45) is 2.43. The standard InChI is InChI=1S/C10H21NO/c1-4-8(2)11-9(3)10-5-6-12-7-10/h8-11H,4-7H2,1-3H3. The van der Waals surface area contributed by atoms with E-state index in [1.807, 2.05) is 0 Å². The third kappa shape index (κ3) is 2.76. The number of hydrogen-bond donors (Lipinski definition) is 1. The minimum absolute atomic E-state index is 0.613. The molecule has 0 radical (unpaired) electrons. The molecule has 1 aliphatic rings. The molecule has 0 saturated carbocycles. The van der Waals surface area contributed by atoms with Crippen LogP contribution in [0.5, 0.6) is 0 Å². The summed E-state index contributed by atoms with van der Waals surface area (Å²) in [6.45, 7) is 8.63. The lowest BCUT2D eigenvalue weighted by molar-refractivity contribution is 0.176. The van der Waals surface area contributed by atoms with E-state index in [4.69, 9.17) is 4.74 Å². The lowest BCUT2D eigenvalue weighted by Crippen LogP contribution is -2.39. The molecule has 0 aromatic carbocycles. The summed E-state index contributed by atoms with van der Waals surface area (Å²) in [5.41, 5.74) is 0. The van der Waals surface area contributed by atoms with Crippen LogP contribution in [0.25, 0.3) is 0 Å². The van der Waals surface area contributed by atoms with Gasteiger partial charge < -0.3 is 10.1 Å². The zero-order valence-electron chi connectivity index (χ0n) is 8.47. The molecule has 2 heteroatoms. The topological polar surface area (TPSA) is 21.3 Å². The van der Waals surface area contributed by atoms with Crippen LogP contribution in [0.4, 0.5) is 0 Å². The van der Waals surface area contributed by atoms with Gasteiger partial charge in [0, 0.05) is 18.7 Å². The average Bonchev–Trinajstić information content (AvgIpc) is 2.56. The predicted molar refractivity (Wildman–Crippen MR) is 51.3 cm³/mol. The lowest BCUT2D eigenvalue weighted by atomic mass is 10.00. The molecule has 3 unspecified atom stereocenters. The highest BCUT2D eigenvalue weighted by Gasteiger charge is 2.22. The van der Waals surface area contributed by atoms with Gasteiger partial charge in [-0.2, -0.15) is 0 Å². The summed E-state index contributed by atoms with van der Waals surface area (Å²) in [6, 6.07) is 1.25. The van der Waals surface area contributed by atoms with Gasteiger partial charge >= 0.3 is 0 Å². The molecule has 0 amide bonds. The lowest BCUT2D eigenvalue weighted by Gasteiger charge is -2.23.